The second-order valence-corrected chi connectivity index (χ2v) is 7.07. The van der Waals surface area contributed by atoms with Crippen LogP contribution in [-0.4, -0.2) is 6.54 Å². The van der Waals surface area contributed by atoms with Gasteiger partial charge in [-0.2, -0.15) is 0 Å². The van der Waals surface area contributed by atoms with Crippen LogP contribution in [0.5, 0.6) is 0 Å². The van der Waals surface area contributed by atoms with Gasteiger partial charge in [0.15, 0.2) is 0 Å². The van der Waals surface area contributed by atoms with Gasteiger partial charge in [0.05, 0.1) is 0 Å². The third-order valence-corrected chi connectivity index (χ3v) is 5.82. The number of hydrogen-bond donors (Lipinski definition) is 0. The number of hydrogen-bond acceptors (Lipinski definition) is 2. The van der Waals surface area contributed by atoms with Gasteiger partial charge in [-0.25, -0.2) is 0 Å². The normalized spacial score (nSPS) is 20.6. The van der Waals surface area contributed by atoms with Crippen molar-refractivity contribution < 1.29 is 0 Å². The van der Waals surface area contributed by atoms with Crippen molar-refractivity contribution in [2.45, 2.75) is 10.6 Å². The lowest BCUT2D eigenvalue weighted by molar-refractivity contribution is 0.812. The first-order valence-electron chi connectivity index (χ1n) is 7.99. The van der Waals surface area contributed by atoms with Crippen molar-refractivity contribution in [3.8, 4) is 0 Å². The van der Waals surface area contributed by atoms with Gasteiger partial charge in [-0.15, -0.1) is 11.8 Å². The molecule has 3 aromatic carbocycles. The fourth-order valence-electron chi connectivity index (χ4n) is 3.13. The van der Waals surface area contributed by atoms with Gasteiger partial charge in [-0.1, -0.05) is 78.9 Å². The Bertz CT molecular complexity index is 695. The largest absolute Gasteiger partial charge is 0.354 e. The third kappa shape index (κ3) is 2.99. The van der Waals surface area contributed by atoms with Crippen LogP contribution in [-0.2, 0) is 0 Å². The molecule has 1 saturated heterocycles. The van der Waals surface area contributed by atoms with E-state index in [1.54, 1.807) is 0 Å². The topological polar surface area (TPSA) is 3.24 Å². The maximum absolute atomic E-state index is 2.53. The second-order valence-electron chi connectivity index (χ2n) is 5.79. The molecule has 0 spiro atoms. The summed E-state index contributed by atoms with van der Waals surface area (Å²) in [6, 6.07) is 32.4. The molecule has 0 bridgehead atoms. The number of benzene rings is 3. The Balaban J connectivity index is 1.70. The summed E-state index contributed by atoms with van der Waals surface area (Å²) < 4.78 is 0. The Morgan fingerprint density at radius 2 is 1.17 bits per heavy atom. The zero-order chi connectivity index (χ0) is 15.5. The average Bonchev–Trinajstić information content (AvgIpc) is 3.09. The van der Waals surface area contributed by atoms with E-state index >= 15 is 0 Å². The van der Waals surface area contributed by atoms with Crippen LogP contribution < -0.4 is 4.90 Å². The number of thioether (sulfide) groups is 1. The van der Waals surface area contributed by atoms with Crippen LogP contribution in [0.1, 0.15) is 21.8 Å². The van der Waals surface area contributed by atoms with Gasteiger partial charge in [-0.05, 0) is 23.3 Å². The van der Waals surface area contributed by atoms with Crippen molar-refractivity contribution in [1.82, 2.24) is 0 Å². The molecule has 1 aliphatic heterocycles. The Morgan fingerprint density at radius 3 is 1.78 bits per heavy atom. The van der Waals surface area contributed by atoms with E-state index in [1.165, 1.54) is 16.8 Å². The van der Waals surface area contributed by atoms with Crippen LogP contribution in [0.4, 0.5) is 5.69 Å². The smallest absolute Gasteiger partial charge is 0.101 e. The second kappa shape index (κ2) is 6.51. The first kappa shape index (κ1) is 14.4. The molecule has 0 N–H and O–H groups in total. The van der Waals surface area contributed by atoms with E-state index in [9.17, 15) is 0 Å². The van der Waals surface area contributed by atoms with Crippen LogP contribution in [0.25, 0.3) is 0 Å². The van der Waals surface area contributed by atoms with Crippen LogP contribution in [0.2, 0.25) is 0 Å². The lowest BCUT2D eigenvalue weighted by Crippen LogP contribution is -2.22. The maximum atomic E-state index is 2.53. The molecule has 0 amide bonds. The summed E-state index contributed by atoms with van der Waals surface area (Å²) >= 11 is 2.05. The Hall–Kier alpha value is -2.19. The molecule has 23 heavy (non-hydrogen) atoms. The van der Waals surface area contributed by atoms with E-state index in [4.69, 9.17) is 0 Å². The summed E-state index contributed by atoms with van der Waals surface area (Å²) in [5, 5.41) is 0.866. The predicted molar refractivity (Wildman–Crippen MR) is 99.7 cm³/mol. The lowest BCUT2D eigenvalue weighted by Gasteiger charge is -2.26. The zero-order valence-electron chi connectivity index (χ0n) is 12.9. The summed E-state index contributed by atoms with van der Waals surface area (Å²) in [7, 11) is 0. The fourth-order valence-corrected chi connectivity index (χ4v) is 4.68. The summed E-state index contributed by atoms with van der Waals surface area (Å²) in [4.78, 5) is 2.53. The minimum atomic E-state index is 0.365. The first-order valence-corrected chi connectivity index (χ1v) is 8.93. The molecule has 1 nitrogen and oxygen atoms in total. The Labute approximate surface area is 142 Å². The van der Waals surface area contributed by atoms with Crippen molar-refractivity contribution in [2.75, 3.05) is 11.4 Å². The number of para-hydroxylation sites is 1. The van der Waals surface area contributed by atoms with Gasteiger partial charge in [0.1, 0.15) is 5.37 Å². The molecule has 1 heterocycles. The molecular formula is C21H19NS. The minimum absolute atomic E-state index is 0.365. The van der Waals surface area contributed by atoms with Crippen molar-refractivity contribution in [3.05, 3.63) is 102 Å². The van der Waals surface area contributed by atoms with Gasteiger partial charge in [0.25, 0.3) is 0 Å². The van der Waals surface area contributed by atoms with Gasteiger partial charge in [0.2, 0.25) is 0 Å². The monoisotopic (exact) mass is 317 g/mol. The molecular weight excluding hydrogens is 298 g/mol. The number of rotatable bonds is 3. The SMILES string of the molecule is c1ccc(C2CN(c3ccccc3)C(c3ccccc3)S2)cc1. The number of nitrogens with zero attached hydrogens (tertiary/aromatic N) is 1. The molecule has 2 atom stereocenters. The van der Waals surface area contributed by atoms with E-state index in [2.05, 4.69) is 95.9 Å². The number of anilines is 1. The fraction of sp³-hybridized carbons (Fsp3) is 0.143. The summed E-state index contributed by atoms with van der Waals surface area (Å²) in [6.45, 7) is 1.04. The Morgan fingerprint density at radius 1 is 0.652 bits per heavy atom. The maximum Gasteiger partial charge on any atom is 0.101 e. The molecule has 2 heteroatoms. The minimum Gasteiger partial charge on any atom is -0.354 e. The lowest BCUT2D eigenvalue weighted by atomic mass is 10.1. The van der Waals surface area contributed by atoms with Crippen LogP contribution in [0, 0.1) is 0 Å². The molecule has 0 radical (unpaired) electrons. The van der Waals surface area contributed by atoms with E-state index in [0.29, 0.717) is 10.6 Å². The van der Waals surface area contributed by atoms with E-state index in [-0.39, 0.29) is 0 Å². The average molecular weight is 317 g/mol. The van der Waals surface area contributed by atoms with Gasteiger partial charge >= 0.3 is 0 Å². The highest BCUT2D eigenvalue weighted by atomic mass is 32.2. The van der Waals surface area contributed by atoms with Crippen molar-refractivity contribution >= 4 is 17.4 Å². The summed E-state index contributed by atoms with van der Waals surface area (Å²) in [6.07, 6.45) is 0. The molecule has 114 valence electrons. The molecule has 3 aromatic rings. The van der Waals surface area contributed by atoms with Crippen molar-refractivity contribution in [3.63, 3.8) is 0 Å². The zero-order valence-corrected chi connectivity index (χ0v) is 13.7. The van der Waals surface area contributed by atoms with Crippen molar-refractivity contribution in [1.29, 1.82) is 0 Å². The van der Waals surface area contributed by atoms with E-state index in [0.717, 1.165) is 6.54 Å². The molecule has 1 aliphatic rings. The van der Waals surface area contributed by atoms with Crippen LogP contribution in [0.15, 0.2) is 91.0 Å². The summed E-state index contributed by atoms with van der Waals surface area (Å²) in [5.74, 6) is 0. The van der Waals surface area contributed by atoms with Crippen LogP contribution in [0.3, 0.4) is 0 Å². The standard InChI is InChI=1S/C21H19NS/c1-4-10-17(11-5-1)20-16-22(19-14-8-3-9-15-19)21(23-20)18-12-6-2-7-13-18/h1-15,20-21H,16H2. The quantitative estimate of drug-likeness (QED) is 0.611. The molecule has 1 fully saturated rings. The summed E-state index contributed by atoms with van der Waals surface area (Å²) in [5.41, 5.74) is 4.09. The van der Waals surface area contributed by atoms with Gasteiger partial charge in [-0.3, -0.25) is 0 Å². The molecule has 0 saturated carbocycles. The molecule has 0 aliphatic carbocycles. The highest BCUT2D eigenvalue weighted by Gasteiger charge is 2.34. The first-order chi connectivity index (χ1) is 11.4. The molecule has 2 unspecified atom stereocenters. The molecule has 4 rings (SSSR count). The van der Waals surface area contributed by atoms with Gasteiger partial charge < -0.3 is 4.90 Å². The van der Waals surface area contributed by atoms with Gasteiger partial charge in [0, 0.05) is 17.5 Å². The third-order valence-electron chi connectivity index (χ3n) is 4.28. The Kier molecular flexibility index (Phi) is 4.08. The van der Waals surface area contributed by atoms with E-state index in [1.807, 2.05) is 11.8 Å². The van der Waals surface area contributed by atoms with Crippen LogP contribution >= 0.6 is 11.8 Å². The van der Waals surface area contributed by atoms with Crippen molar-refractivity contribution in [2.24, 2.45) is 0 Å². The predicted octanol–water partition coefficient (Wildman–Crippen LogP) is 5.68. The van der Waals surface area contributed by atoms with E-state index < -0.39 is 0 Å². The highest BCUT2D eigenvalue weighted by Crippen LogP contribution is 2.51. The highest BCUT2D eigenvalue weighted by molar-refractivity contribution is 8.00. The molecule has 0 aromatic heterocycles.